The van der Waals surface area contributed by atoms with Gasteiger partial charge in [-0.3, -0.25) is 14.6 Å². The molecule has 3 heterocycles. The Bertz CT molecular complexity index is 1380. The van der Waals surface area contributed by atoms with Gasteiger partial charge in [0.1, 0.15) is 35.4 Å². The van der Waals surface area contributed by atoms with Gasteiger partial charge in [0.05, 0.1) is 5.69 Å². The zero-order valence-corrected chi connectivity index (χ0v) is 19.8. The first-order chi connectivity index (χ1) is 17.1. The monoisotopic (exact) mass is 490 g/mol. The number of aliphatic hydroxyl groups is 1. The summed E-state index contributed by atoms with van der Waals surface area (Å²) in [5, 5.41) is 12.5. The molecule has 0 aliphatic carbocycles. The number of benzene rings is 1. The lowest BCUT2D eigenvalue weighted by Crippen LogP contribution is -2.49. The normalized spacial score (nSPS) is 15.1. The molecule has 1 aromatic carbocycles. The molecular formula is C26H23FN4O5. The van der Waals surface area contributed by atoms with Gasteiger partial charge in [0.2, 0.25) is 11.8 Å². The first-order valence-corrected chi connectivity index (χ1v) is 11.0. The molecule has 1 aliphatic heterocycles. The molecule has 0 radical (unpaired) electrons. The van der Waals surface area contributed by atoms with Crippen molar-refractivity contribution in [1.29, 1.82) is 0 Å². The summed E-state index contributed by atoms with van der Waals surface area (Å²) in [4.78, 5) is 35.0. The van der Waals surface area contributed by atoms with Crippen LogP contribution < -0.4 is 19.7 Å². The predicted molar refractivity (Wildman–Crippen MR) is 128 cm³/mol. The summed E-state index contributed by atoms with van der Waals surface area (Å²) in [6.07, 6.45) is 1.35. The van der Waals surface area contributed by atoms with Crippen molar-refractivity contribution >= 4 is 17.5 Å². The second-order valence-electron chi connectivity index (χ2n) is 8.50. The zero-order valence-electron chi connectivity index (χ0n) is 19.8. The number of nitrogens with one attached hydrogen (secondary N) is 1. The highest BCUT2D eigenvalue weighted by molar-refractivity contribution is 6.03. The Labute approximate surface area is 206 Å². The summed E-state index contributed by atoms with van der Waals surface area (Å²) in [7, 11) is 1.57. The van der Waals surface area contributed by atoms with E-state index in [0.717, 1.165) is 0 Å². The summed E-state index contributed by atoms with van der Waals surface area (Å²) >= 11 is 0. The first kappa shape index (κ1) is 24.6. The van der Waals surface area contributed by atoms with Crippen LogP contribution in [0.15, 0.2) is 54.7 Å². The lowest BCUT2D eigenvalue weighted by atomic mass is 10.1. The van der Waals surface area contributed by atoms with Gasteiger partial charge < -0.3 is 24.8 Å². The highest BCUT2D eigenvalue weighted by atomic mass is 19.1. The number of hydrogen-bond donors (Lipinski definition) is 2. The third kappa shape index (κ3) is 5.95. The summed E-state index contributed by atoms with van der Waals surface area (Å²) < 4.78 is 24.6. The molecule has 0 spiro atoms. The van der Waals surface area contributed by atoms with Gasteiger partial charge in [-0.05, 0) is 44.2 Å². The molecular weight excluding hydrogens is 467 g/mol. The van der Waals surface area contributed by atoms with Crippen molar-refractivity contribution in [2.45, 2.75) is 25.5 Å². The smallest absolute Gasteiger partial charge is 0.270 e. The Morgan fingerprint density at radius 2 is 2.08 bits per heavy atom. The molecule has 2 N–H and O–H groups in total. The average Bonchev–Trinajstić information content (AvgIpc) is 2.94. The van der Waals surface area contributed by atoms with Gasteiger partial charge in [-0.2, -0.15) is 9.37 Å². The molecule has 0 saturated heterocycles. The molecule has 0 unspecified atom stereocenters. The first-order valence-electron chi connectivity index (χ1n) is 11.0. The van der Waals surface area contributed by atoms with Gasteiger partial charge in [0, 0.05) is 30.9 Å². The minimum atomic E-state index is -1.16. The number of anilines is 1. The van der Waals surface area contributed by atoms with Crippen LogP contribution in [0.1, 0.15) is 29.9 Å². The van der Waals surface area contributed by atoms with Crippen molar-refractivity contribution in [3.63, 3.8) is 0 Å². The predicted octanol–water partition coefficient (Wildman–Crippen LogP) is 2.68. The number of rotatable bonds is 4. The third-order valence-electron chi connectivity index (χ3n) is 5.05. The van der Waals surface area contributed by atoms with Crippen LogP contribution in [0.2, 0.25) is 0 Å². The van der Waals surface area contributed by atoms with Crippen molar-refractivity contribution < 1.29 is 28.6 Å². The van der Waals surface area contributed by atoms with Crippen molar-refractivity contribution in [3.05, 3.63) is 71.9 Å². The lowest BCUT2D eigenvalue weighted by Gasteiger charge is -2.20. The fourth-order valence-corrected chi connectivity index (χ4v) is 3.30. The second-order valence-corrected chi connectivity index (χ2v) is 8.50. The number of halogens is 1. The summed E-state index contributed by atoms with van der Waals surface area (Å²) in [6.45, 7) is 3.05. The number of fused-ring (bicyclic) bond motifs is 1. The maximum atomic E-state index is 13.3. The van der Waals surface area contributed by atoms with Crippen LogP contribution in [0.4, 0.5) is 10.1 Å². The van der Waals surface area contributed by atoms with Crippen LogP contribution in [0.3, 0.4) is 0 Å². The fraction of sp³-hybridized carbons (Fsp3) is 0.231. The Morgan fingerprint density at radius 1 is 1.28 bits per heavy atom. The van der Waals surface area contributed by atoms with Crippen molar-refractivity contribution in [2.75, 3.05) is 18.6 Å². The van der Waals surface area contributed by atoms with Gasteiger partial charge in [0.25, 0.3) is 11.8 Å². The fourth-order valence-electron chi connectivity index (χ4n) is 3.30. The molecule has 184 valence electrons. The quantitative estimate of drug-likeness (QED) is 0.427. The number of carbonyl (C=O) groups is 2. The van der Waals surface area contributed by atoms with Crippen LogP contribution >= 0.6 is 0 Å². The summed E-state index contributed by atoms with van der Waals surface area (Å²) in [6, 6.07) is 11.0. The van der Waals surface area contributed by atoms with Crippen LogP contribution in [-0.2, 0) is 4.79 Å². The number of amides is 2. The molecule has 1 aliphatic rings. The zero-order chi connectivity index (χ0) is 25.9. The van der Waals surface area contributed by atoms with E-state index in [1.165, 1.54) is 41.4 Å². The topological polar surface area (TPSA) is 114 Å². The molecule has 0 fully saturated rings. The van der Waals surface area contributed by atoms with Crippen LogP contribution in [-0.4, -0.2) is 52.2 Å². The SMILES string of the molecule is CN1C(=O)[C@@H](NC(=O)c2cc(Oc3cccc(F)n3)ccn2)COc2ccc(C#CC(C)(C)O)cc21. The van der Waals surface area contributed by atoms with Crippen LogP contribution in [0.25, 0.3) is 0 Å². The van der Waals surface area contributed by atoms with Crippen molar-refractivity contribution in [3.8, 4) is 29.2 Å². The highest BCUT2D eigenvalue weighted by Gasteiger charge is 2.31. The van der Waals surface area contributed by atoms with Crippen LogP contribution in [0.5, 0.6) is 17.4 Å². The lowest BCUT2D eigenvalue weighted by molar-refractivity contribution is -0.120. The Balaban J connectivity index is 1.48. The Hall–Kier alpha value is -4.49. The molecule has 10 heteroatoms. The van der Waals surface area contributed by atoms with Gasteiger partial charge in [-0.25, -0.2) is 0 Å². The average molecular weight is 490 g/mol. The molecule has 1 atom stereocenters. The van der Waals surface area contributed by atoms with E-state index in [9.17, 15) is 19.1 Å². The van der Waals surface area contributed by atoms with E-state index in [-0.39, 0.29) is 23.9 Å². The van der Waals surface area contributed by atoms with Gasteiger partial charge in [-0.15, -0.1) is 0 Å². The number of aromatic nitrogens is 2. The molecule has 0 saturated carbocycles. The minimum Gasteiger partial charge on any atom is -0.489 e. The van der Waals surface area contributed by atoms with E-state index in [1.807, 2.05) is 0 Å². The number of hydrogen-bond acceptors (Lipinski definition) is 7. The molecule has 9 nitrogen and oxygen atoms in total. The number of carbonyl (C=O) groups excluding carboxylic acids is 2. The highest BCUT2D eigenvalue weighted by Crippen LogP contribution is 2.31. The van der Waals surface area contributed by atoms with E-state index in [1.54, 1.807) is 39.1 Å². The number of ether oxygens (including phenoxy) is 2. The maximum absolute atomic E-state index is 13.3. The van der Waals surface area contributed by atoms with E-state index >= 15 is 0 Å². The molecule has 4 rings (SSSR count). The van der Waals surface area contributed by atoms with E-state index < -0.39 is 29.4 Å². The summed E-state index contributed by atoms with van der Waals surface area (Å²) in [5.41, 5.74) is -0.0963. The molecule has 2 amide bonds. The molecule has 2 aromatic heterocycles. The maximum Gasteiger partial charge on any atom is 0.270 e. The van der Waals surface area contributed by atoms with Gasteiger partial charge in [0.15, 0.2) is 0 Å². The van der Waals surface area contributed by atoms with Crippen molar-refractivity contribution in [1.82, 2.24) is 15.3 Å². The summed E-state index contributed by atoms with van der Waals surface area (Å²) in [5.74, 6) is 4.58. The number of nitrogens with zero attached hydrogens (tertiary/aromatic N) is 3. The molecule has 3 aromatic rings. The minimum absolute atomic E-state index is 0.00899. The van der Waals surface area contributed by atoms with E-state index in [2.05, 4.69) is 27.1 Å². The Kier molecular flexibility index (Phi) is 6.85. The second kappa shape index (κ2) is 10.0. The third-order valence-corrected chi connectivity index (χ3v) is 5.05. The number of likely N-dealkylation sites (N-methyl/N-ethyl adjacent to an activating group) is 1. The largest absolute Gasteiger partial charge is 0.489 e. The van der Waals surface area contributed by atoms with Crippen LogP contribution in [0, 0.1) is 17.8 Å². The standard InChI is InChI=1S/C26H23FN4O5/c1-26(2,34)11-9-16-7-8-21-20(13-16)31(3)25(33)19(15-35-21)29-24(32)18-14-17(10-12-28-18)36-23-6-4-5-22(27)30-23/h4-8,10,12-14,19,34H,15H2,1-3H3,(H,29,32)/t19-/m0/s1. The Morgan fingerprint density at radius 3 is 2.83 bits per heavy atom. The number of pyridine rings is 2. The van der Waals surface area contributed by atoms with Crippen molar-refractivity contribution in [2.24, 2.45) is 0 Å². The van der Waals surface area contributed by atoms with Gasteiger partial charge in [-0.1, -0.05) is 17.9 Å². The molecule has 36 heavy (non-hydrogen) atoms. The van der Waals surface area contributed by atoms with E-state index in [4.69, 9.17) is 9.47 Å². The van der Waals surface area contributed by atoms with Gasteiger partial charge >= 0.3 is 0 Å². The van der Waals surface area contributed by atoms with E-state index in [0.29, 0.717) is 17.0 Å². The molecule has 0 bridgehead atoms.